The summed E-state index contributed by atoms with van der Waals surface area (Å²) in [5, 5.41) is 11.8. The molecule has 0 aliphatic carbocycles. The standard InChI is InChI=1S/C20H21F2NO4/c1-12(8-13-4-3-5-15(21)10-13)9-18(24)23-19(20(25)26)14-6-7-17(27-2)16(22)11-14/h3-7,10-12,19H,8-9H2,1-2H3,(H,23,24)(H,25,26). The Hall–Kier alpha value is -2.96. The van der Waals surface area contributed by atoms with E-state index in [0.717, 1.165) is 11.6 Å². The smallest absolute Gasteiger partial charge is 0.330 e. The minimum absolute atomic E-state index is 0.0158. The van der Waals surface area contributed by atoms with Crippen LogP contribution >= 0.6 is 0 Å². The van der Waals surface area contributed by atoms with Crippen LogP contribution in [-0.2, 0) is 16.0 Å². The molecule has 1 amide bonds. The van der Waals surface area contributed by atoms with Gasteiger partial charge in [-0.3, -0.25) is 4.79 Å². The molecule has 2 aromatic rings. The fraction of sp³-hybridized carbons (Fsp3) is 0.300. The van der Waals surface area contributed by atoms with Crippen LogP contribution < -0.4 is 10.1 Å². The maximum Gasteiger partial charge on any atom is 0.330 e. The molecule has 0 aromatic heterocycles. The van der Waals surface area contributed by atoms with Crippen molar-refractivity contribution in [3.63, 3.8) is 0 Å². The van der Waals surface area contributed by atoms with Crippen LogP contribution in [0, 0.1) is 17.6 Å². The number of carbonyl (C=O) groups excluding carboxylic acids is 1. The lowest BCUT2D eigenvalue weighted by Crippen LogP contribution is -2.34. The van der Waals surface area contributed by atoms with Crippen LogP contribution in [0.1, 0.15) is 30.5 Å². The number of aliphatic carboxylic acids is 1. The topological polar surface area (TPSA) is 75.6 Å². The van der Waals surface area contributed by atoms with E-state index in [0.29, 0.717) is 6.42 Å². The summed E-state index contributed by atoms with van der Waals surface area (Å²) in [5.74, 6) is -2.99. The summed E-state index contributed by atoms with van der Waals surface area (Å²) >= 11 is 0. The number of carboxylic acid groups (broad SMARTS) is 1. The maximum absolute atomic E-state index is 13.8. The lowest BCUT2D eigenvalue weighted by molar-refractivity contribution is -0.142. The van der Waals surface area contributed by atoms with Gasteiger partial charge in [0.15, 0.2) is 17.6 Å². The molecule has 7 heteroatoms. The number of benzene rings is 2. The quantitative estimate of drug-likeness (QED) is 0.739. The van der Waals surface area contributed by atoms with Crippen molar-refractivity contribution >= 4 is 11.9 Å². The van der Waals surface area contributed by atoms with E-state index in [1.54, 1.807) is 12.1 Å². The second-order valence-corrected chi connectivity index (χ2v) is 6.38. The Labute approximate surface area is 156 Å². The Morgan fingerprint density at radius 2 is 1.93 bits per heavy atom. The first-order valence-corrected chi connectivity index (χ1v) is 8.40. The first-order chi connectivity index (χ1) is 12.8. The third-order valence-electron chi connectivity index (χ3n) is 4.07. The molecule has 2 N–H and O–H groups in total. The van der Waals surface area contributed by atoms with E-state index in [4.69, 9.17) is 4.74 Å². The summed E-state index contributed by atoms with van der Waals surface area (Å²) in [6.45, 7) is 1.81. The zero-order chi connectivity index (χ0) is 20.0. The Kier molecular flexibility index (Phi) is 6.87. The zero-order valence-corrected chi connectivity index (χ0v) is 15.0. The van der Waals surface area contributed by atoms with E-state index in [9.17, 15) is 23.5 Å². The van der Waals surface area contributed by atoms with E-state index < -0.39 is 23.7 Å². The van der Waals surface area contributed by atoms with Crippen LogP contribution in [0.5, 0.6) is 5.75 Å². The highest BCUT2D eigenvalue weighted by molar-refractivity contribution is 5.84. The molecular formula is C20H21F2NO4. The highest BCUT2D eigenvalue weighted by Gasteiger charge is 2.24. The fourth-order valence-corrected chi connectivity index (χ4v) is 2.82. The van der Waals surface area contributed by atoms with Gasteiger partial charge in [-0.15, -0.1) is 0 Å². The number of rotatable bonds is 8. The molecule has 0 spiro atoms. The molecule has 2 atom stereocenters. The number of carbonyl (C=O) groups is 2. The zero-order valence-electron chi connectivity index (χ0n) is 15.0. The lowest BCUT2D eigenvalue weighted by Gasteiger charge is -2.17. The fourth-order valence-electron chi connectivity index (χ4n) is 2.82. The Bertz CT molecular complexity index is 825. The van der Waals surface area contributed by atoms with Gasteiger partial charge in [0.2, 0.25) is 5.91 Å². The number of halogens is 2. The van der Waals surface area contributed by atoms with Crippen LogP contribution in [0.3, 0.4) is 0 Å². The first kappa shape index (κ1) is 20.4. The monoisotopic (exact) mass is 377 g/mol. The van der Waals surface area contributed by atoms with E-state index in [-0.39, 0.29) is 29.5 Å². The molecule has 0 heterocycles. The van der Waals surface area contributed by atoms with Crippen molar-refractivity contribution in [2.45, 2.75) is 25.8 Å². The van der Waals surface area contributed by atoms with E-state index in [2.05, 4.69) is 5.32 Å². The molecule has 5 nitrogen and oxygen atoms in total. The second kappa shape index (κ2) is 9.12. The first-order valence-electron chi connectivity index (χ1n) is 8.40. The van der Waals surface area contributed by atoms with Crippen LogP contribution in [0.25, 0.3) is 0 Å². The number of nitrogens with one attached hydrogen (secondary N) is 1. The molecule has 0 saturated carbocycles. The minimum Gasteiger partial charge on any atom is -0.494 e. The van der Waals surface area contributed by atoms with Gasteiger partial charge in [-0.1, -0.05) is 25.1 Å². The summed E-state index contributed by atoms with van der Waals surface area (Å²) in [5.41, 5.74) is 0.856. The highest BCUT2D eigenvalue weighted by atomic mass is 19.1. The molecule has 0 fully saturated rings. The molecule has 2 unspecified atom stereocenters. The molecule has 27 heavy (non-hydrogen) atoms. The van der Waals surface area contributed by atoms with Crippen molar-refractivity contribution in [2.75, 3.05) is 7.11 Å². The summed E-state index contributed by atoms with van der Waals surface area (Å²) in [4.78, 5) is 23.7. The SMILES string of the molecule is COc1ccc(C(NC(=O)CC(C)Cc2cccc(F)c2)C(=O)O)cc1F. The van der Waals surface area contributed by atoms with Gasteiger partial charge in [0.1, 0.15) is 5.82 Å². The normalized spacial score (nSPS) is 12.9. The molecule has 2 aromatic carbocycles. The van der Waals surface area contributed by atoms with Gasteiger partial charge < -0.3 is 15.2 Å². The van der Waals surface area contributed by atoms with Crippen molar-refractivity contribution < 1.29 is 28.2 Å². The number of hydrogen-bond acceptors (Lipinski definition) is 3. The number of carboxylic acids is 1. The van der Waals surface area contributed by atoms with Gasteiger partial charge in [0.25, 0.3) is 0 Å². The molecule has 0 saturated heterocycles. The molecular weight excluding hydrogens is 356 g/mol. The third-order valence-corrected chi connectivity index (χ3v) is 4.07. The summed E-state index contributed by atoms with van der Waals surface area (Å²) in [6, 6.07) is 8.43. The number of amides is 1. The van der Waals surface area contributed by atoms with Crippen molar-refractivity contribution in [3.05, 3.63) is 65.2 Å². The van der Waals surface area contributed by atoms with Crippen LogP contribution in [-0.4, -0.2) is 24.1 Å². The van der Waals surface area contributed by atoms with Gasteiger partial charge in [0, 0.05) is 6.42 Å². The van der Waals surface area contributed by atoms with Gasteiger partial charge >= 0.3 is 5.97 Å². The number of ether oxygens (including phenoxy) is 1. The molecule has 144 valence electrons. The largest absolute Gasteiger partial charge is 0.494 e. The van der Waals surface area contributed by atoms with Crippen molar-refractivity contribution in [1.82, 2.24) is 5.32 Å². The highest BCUT2D eigenvalue weighted by Crippen LogP contribution is 2.22. The molecule has 0 bridgehead atoms. The summed E-state index contributed by atoms with van der Waals surface area (Å²) < 4.78 is 31.9. The number of methoxy groups -OCH3 is 1. The third kappa shape index (κ3) is 5.77. The maximum atomic E-state index is 13.8. The summed E-state index contributed by atoms with van der Waals surface area (Å²) in [7, 11) is 1.30. The average Bonchev–Trinajstić information content (AvgIpc) is 2.59. The minimum atomic E-state index is -1.38. The number of hydrogen-bond donors (Lipinski definition) is 2. The molecule has 2 rings (SSSR count). The van der Waals surface area contributed by atoms with Gasteiger partial charge in [-0.25, -0.2) is 13.6 Å². The van der Waals surface area contributed by atoms with E-state index in [1.165, 1.54) is 31.4 Å². The molecule has 0 radical (unpaired) electrons. The van der Waals surface area contributed by atoms with Gasteiger partial charge in [-0.2, -0.15) is 0 Å². The van der Waals surface area contributed by atoms with E-state index in [1.807, 2.05) is 6.92 Å². The Morgan fingerprint density at radius 3 is 2.52 bits per heavy atom. The Morgan fingerprint density at radius 1 is 1.19 bits per heavy atom. The predicted molar refractivity (Wildman–Crippen MR) is 95.4 cm³/mol. The van der Waals surface area contributed by atoms with E-state index >= 15 is 0 Å². The summed E-state index contributed by atoms with van der Waals surface area (Å²) in [6.07, 6.45) is 0.527. The van der Waals surface area contributed by atoms with Crippen molar-refractivity contribution in [3.8, 4) is 5.75 Å². The van der Waals surface area contributed by atoms with Crippen LogP contribution in [0.15, 0.2) is 42.5 Å². The van der Waals surface area contributed by atoms with Gasteiger partial charge in [0.05, 0.1) is 7.11 Å². The molecule has 0 aliphatic heterocycles. The lowest BCUT2D eigenvalue weighted by atomic mass is 9.97. The van der Waals surface area contributed by atoms with Gasteiger partial charge in [-0.05, 0) is 47.7 Å². The molecule has 0 aliphatic rings. The Balaban J connectivity index is 2.02. The van der Waals surface area contributed by atoms with Crippen LogP contribution in [0.4, 0.5) is 8.78 Å². The average molecular weight is 377 g/mol. The van der Waals surface area contributed by atoms with Crippen molar-refractivity contribution in [1.29, 1.82) is 0 Å². The van der Waals surface area contributed by atoms with Crippen molar-refractivity contribution in [2.24, 2.45) is 5.92 Å². The predicted octanol–water partition coefficient (Wildman–Crippen LogP) is 3.48. The second-order valence-electron chi connectivity index (χ2n) is 6.38. The van der Waals surface area contributed by atoms with Crippen LogP contribution in [0.2, 0.25) is 0 Å².